The molecule has 0 radical (unpaired) electrons. The summed E-state index contributed by atoms with van der Waals surface area (Å²) in [5.74, 6) is 2.47. The van der Waals surface area contributed by atoms with Gasteiger partial charge in [-0.1, -0.05) is 20.8 Å². The van der Waals surface area contributed by atoms with E-state index >= 15 is 0 Å². The van der Waals surface area contributed by atoms with Crippen LogP contribution in [0.3, 0.4) is 0 Å². The number of rotatable bonds is 5. The van der Waals surface area contributed by atoms with Crippen LogP contribution < -0.4 is 5.32 Å². The predicted molar refractivity (Wildman–Crippen MR) is 74.2 cm³/mol. The largest absolute Gasteiger partial charge is 0.377 e. The van der Waals surface area contributed by atoms with Crippen LogP contribution >= 0.6 is 0 Å². The van der Waals surface area contributed by atoms with Crippen LogP contribution in [0.1, 0.15) is 53.9 Å². The molecule has 1 aliphatic carbocycles. The fourth-order valence-corrected chi connectivity index (χ4v) is 3.61. The van der Waals surface area contributed by atoms with Crippen molar-refractivity contribution in [1.82, 2.24) is 5.32 Å². The second kappa shape index (κ2) is 6.19. The molecule has 1 N–H and O–H groups in total. The summed E-state index contributed by atoms with van der Waals surface area (Å²) in [4.78, 5) is 0. The molecule has 0 aliphatic heterocycles. The summed E-state index contributed by atoms with van der Waals surface area (Å²) in [5, 5.41) is 3.66. The third-order valence-electron chi connectivity index (χ3n) is 4.39. The van der Waals surface area contributed by atoms with Gasteiger partial charge in [-0.15, -0.1) is 0 Å². The maximum atomic E-state index is 5.71. The molecular weight excluding hydrogens is 210 g/mol. The quantitative estimate of drug-likeness (QED) is 0.796. The SMILES string of the molecule is CCNC(C1CC(C)CC(C)C1)C(C)(C)OC. The van der Waals surface area contributed by atoms with E-state index in [1.165, 1.54) is 19.3 Å². The molecular formula is C15H31NO. The first-order valence-electron chi connectivity index (χ1n) is 7.19. The van der Waals surface area contributed by atoms with Gasteiger partial charge in [-0.3, -0.25) is 0 Å². The average Bonchev–Trinajstić information content (AvgIpc) is 2.24. The summed E-state index contributed by atoms with van der Waals surface area (Å²) in [7, 11) is 1.83. The normalized spacial score (nSPS) is 32.5. The van der Waals surface area contributed by atoms with Gasteiger partial charge >= 0.3 is 0 Å². The van der Waals surface area contributed by atoms with Crippen molar-refractivity contribution >= 4 is 0 Å². The van der Waals surface area contributed by atoms with Gasteiger partial charge in [0.15, 0.2) is 0 Å². The predicted octanol–water partition coefficient (Wildman–Crippen LogP) is 3.46. The summed E-state index contributed by atoms with van der Waals surface area (Å²) in [6.07, 6.45) is 4.08. The lowest BCUT2D eigenvalue weighted by Gasteiger charge is -2.43. The standard InChI is InChI=1S/C15H31NO/c1-7-16-14(15(4,5)17-6)13-9-11(2)8-12(3)10-13/h11-14,16H,7-10H2,1-6H3. The fourth-order valence-electron chi connectivity index (χ4n) is 3.61. The first-order valence-corrected chi connectivity index (χ1v) is 7.19. The zero-order valence-electron chi connectivity index (χ0n) is 12.5. The highest BCUT2D eigenvalue weighted by molar-refractivity contribution is 4.93. The number of ether oxygens (including phenoxy) is 1. The molecule has 0 aromatic rings. The van der Waals surface area contributed by atoms with Crippen molar-refractivity contribution in [3.63, 3.8) is 0 Å². The van der Waals surface area contributed by atoms with E-state index < -0.39 is 0 Å². The third kappa shape index (κ3) is 3.96. The van der Waals surface area contributed by atoms with Crippen molar-refractivity contribution in [3.8, 4) is 0 Å². The van der Waals surface area contributed by atoms with E-state index in [1.807, 2.05) is 7.11 Å². The molecule has 3 atom stereocenters. The molecule has 2 nitrogen and oxygen atoms in total. The maximum absolute atomic E-state index is 5.71. The first kappa shape index (κ1) is 15.0. The molecule has 0 saturated heterocycles. The van der Waals surface area contributed by atoms with Gasteiger partial charge in [0.2, 0.25) is 0 Å². The number of hydrogen-bond donors (Lipinski definition) is 1. The van der Waals surface area contributed by atoms with Crippen LogP contribution in [0.4, 0.5) is 0 Å². The monoisotopic (exact) mass is 241 g/mol. The van der Waals surface area contributed by atoms with Gasteiger partial charge in [-0.25, -0.2) is 0 Å². The highest BCUT2D eigenvalue weighted by Gasteiger charge is 2.38. The maximum Gasteiger partial charge on any atom is 0.0777 e. The van der Waals surface area contributed by atoms with Gasteiger partial charge in [-0.05, 0) is 57.4 Å². The van der Waals surface area contributed by atoms with Gasteiger partial charge < -0.3 is 10.1 Å². The lowest BCUT2D eigenvalue weighted by atomic mass is 9.70. The molecule has 1 aliphatic rings. The van der Waals surface area contributed by atoms with E-state index in [0.29, 0.717) is 6.04 Å². The summed E-state index contributed by atoms with van der Waals surface area (Å²) in [5.41, 5.74) is -0.0720. The highest BCUT2D eigenvalue weighted by Crippen LogP contribution is 2.37. The zero-order valence-corrected chi connectivity index (χ0v) is 12.5. The molecule has 0 bridgehead atoms. The molecule has 1 saturated carbocycles. The van der Waals surface area contributed by atoms with Crippen molar-refractivity contribution in [2.75, 3.05) is 13.7 Å². The Bertz CT molecular complexity index is 217. The molecule has 0 aromatic carbocycles. The van der Waals surface area contributed by atoms with Crippen LogP contribution in [-0.2, 0) is 4.74 Å². The van der Waals surface area contributed by atoms with Crippen LogP contribution in [0.2, 0.25) is 0 Å². The van der Waals surface area contributed by atoms with E-state index in [1.54, 1.807) is 0 Å². The van der Waals surface area contributed by atoms with Gasteiger partial charge in [0.25, 0.3) is 0 Å². The van der Waals surface area contributed by atoms with Crippen molar-refractivity contribution < 1.29 is 4.74 Å². The Hall–Kier alpha value is -0.0800. The number of hydrogen-bond acceptors (Lipinski definition) is 2. The Morgan fingerprint density at radius 3 is 2.12 bits per heavy atom. The van der Waals surface area contributed by atoms with Crippen LogP contribution in [0.5, 0.6) is 0 Å². The Morgan fingerprint density at radius 2 is 1.71 bits per heavy atom. The summed E-state index contributed by atoms with van der Waals surface area (Å²) >= 11 is 0. The summed E-state index contributed by atoms with van der Waals surface area (Å²) in [6, 6.07) is 0.475. The molecule has 102 valence electrons. The second-order valence-corrected chi connectivity index (χ2v) is 6.52. The van der Waals surface area contributed by atoms with E-state index in [-0.39, 0.29) is 5.60 Å². The molecule has 3 unspecified atom stereocenters. The van der Waals surface area contributed by atoms with Crippen LogP contribution in [0.15, 0.2) is 0 Å². The van der Waals surface area contributed by atoms with Gasteiger partial charge in [0, 0.05) is 13.2 Å². The summed E-state index contributed by atoms with van der Waals surface area (Å²) < 4.78 is 5.71. The van der Waals surface area contributed by atoms with Crippen LogP contribution in [0, 0.1) is 17.8 Å². The molecule has 2 heteroatoms. The van der Waals surface area contributed by atoms with Crippen molar-refractivity contribution in [2.24, 2.45) is 17.8 Å². The van der Waals surface area contributed by atoms with Crippen molar-refractivity contribution in [2.45, 2.75) is 65.5 Å². The van der Waals surface area contributed by atoms with E-state index in [2.05, 4.69) is 39.9 Å². The highest BCUT2D eigenvalue weighted by atomic mass is 16.5. The van der Waals surface area contributed by atoms with Crippen LogP contribution in [0.25, 0.3) is 0 Å². The third-order valence-corrected chi connectivity index (χ3v) is 4.39. The smallest absolute Gasteiger partial charge is 0.0777 e. The minimum Gasteiger partial charge on any atom is -0.377 e. The molecule has 17 heavy (non-hydrogen) atoms. The first-order chi connectivity index (χ1) is 7.90. The molecule has 0 spiro atoms. The van der Waals surface area contributed by atoms with Gasteiger partial charge in [0.1, 0.15) is 0 Å². The Balaban J connectivity index is 2.75. The van der Waals surface area contributed by atoms with Gasteiger partial charge in [-0.2, -0.15) is 0 Å². The van der Waals surface area contributed by atoms with Crippen molar-refractivity contribution in [3.05, 3.63) is 0 Å². The minimum atomic E-state index is -0.0720. The van der Waals surface area contributed by atoms with E-state index in [9.17, 15) is 0 Å². The Kier molecular flexibility index (Phi) is 5.46. The zero-order chi connectivity index (χ0) is 13.1. The summed E-state index contributed by atoms with van der Waals surface area (Å²) in [6.45, 7) is 12.4. The van der Waals surface area contributed by atoms with E-state index in [0.717, 1.165) is 24.3 Å². The number of likely N-dealkylation sites (N-methyl/N-ethyl adjacent to an activating group) is 1. The van der Waals surface area contributed by atoms with E-state index in [4.69, 9.17) is 4.74 Å². The molecule has 0 amide bonds. The average molecular weight is 241 g/mol. The second-order valence-electron chi connectivity index (χ2n) is 6.52. The lowest BCUT2D eigenvalue weighted by Crippen LogP contribution is -2.53. The van der Waals surface area contributed by atoms with Crippen molar-refractivity contribution in [1.29, 1.82) is 0 Å². The molecule has 0 heterocycles. The van der Waals surface area contributed by atoms with Gasteiger partial charge in [0.05, 0.1) is 5.60 Å². The molecule has 1 rings (SSSR count). The molecule has 0 aromatic heterocycles. The topological polar surface area (TPSA) is 21.3 Å². The fraction of sp³-hybridized carbons (Fsp3) is 1.00. The Labute approximate surface area is 108 Å². The Morgan fingerprint density at radius 1 is 1.18 bits per heavy atom. The lowest BCUT2D eigenvalue weighted by molar-refractivity contribution is -0.0387. The molecule has 1 fully saturated rings. The number of methoxy groups -OCH3 is 1. The van der Waals surface area contributed by atoms with Crippen LogP contribution in [-0.4, -0.2) is 25.3 Å². The minimum absolute atomic E-state index is 0.0720. The number of nitrogens with one attached hydrogen (secondary N) is 1.